The van der Waals surface area contributed by atoms with E-state index in [4.69, 9.17) is 4.74 Å². The molecule has 0 heterocycles. The second-order valence-electron chi connectivity index (χ2n) is 4.42. The van der Waals surface area contributed by atoms with Crippen molar-refractivity contribution in [3.05, 3.63) is 39.9 Å². The fraction of sp³-hybridized carbons (Fsp3) is 0.571. The predicted molar refractivity (Wildman–Crippen MR) is 75.1 cm³/mol. The molecule has 0 atom stereocenters. The van der Waals surface area contributed by atoms with Gasteiger partial charge in [-0.15, -0.1) is 0 Å². The highest BCUT2D eigenvalue weighted by atomic mass is 16.6. The molecular formula is C14H22N2O3. The van der Waals surface area contributed by atoms with Gasteiger partial charge in [0.15, 0.2) is 0 Å². The lowest BCUT2D eigenvalue weighted by Crippen LogP contribution is -2.16. The quantitative estimate of drug-likeness (QED) is 0.402. The first kappa shape index (κ1) is 15.6. The third kappa shape index (κ3) is 6.88. The maximum Gasteiger partial charge on any atom is 0.269 e. The van der Waals surface area contributed by atoms with E-state index in [-0.39, 0.29) is 10.6 Å². The number of nitro benzene ring substituents is 1. The number of non-ortho nitro benzene ring substituents is 1. The smallest absolute Gasteiger partial charge is 0.269 e. The van der Waals surface area contributed by atoms with Crippen molar-refractivity contribution >= 4 is 5.69 Å². The van der Waals surface area contributed by atoms with E-state index in [0.717, 1.165) is 44.6 Å². The molecule has 0 amide bonds. The van der Waals surface area contributed by atoms with Crippen molar-refractivity contribution in [2.75, 3.05) is 19.8 Å². The van der Waals surface area contributed by atoms with Crippen LogP contribution in [0.5, 0.6) is 0 Å². The van der Waals surface area contributed by atoms with Crippen LogP contribution in [0.1, 0.15) is 31.7 Å². The van der Waals surface area contributed by atoms with Crippen molar-refractivity contribution < 1.29 is 9.66 Å². The Bertz CT molecular complexity index is 383. The van der Waals surface area contributed by atoms with E-state index < -0.39 is 0 Å². The molecule has 1 aromatic carbocycles. The number of unbranched alkanes of at least 4 members (excludes halogenated alkanes) is 1. The van der Waals surface area contributed by atoms with E-state index in [0.29, 0.717) is 6.54 Å². The van der Waals surface area contributed by atoms with Crippen LogP contribution in [0.15, 0.2) is 24.3 Å². The molecule has 106 valence electrons. The van der Waals surface area contributed by atoms with Crippen LogP contribution in [-0.2, 0) is 11.3 Å². The highest BCUT2D eigenvalue weighted by Crippen LogP contribution is 2.12. The van der Waals surface area contributed by atoms with E-state index in [1.165, 1.54) is 6.07 Å². The molecule has 0 aliphatic carbocycles. The van der Waals surface area contributed by atoms with Crippen LogP contribution in [0.4, 0.5) is 5.69 Å². The van der Waals surface area contributed by atoms with Gasteiger partial charge in [0.2, 0.25) is 0 Å². The molecule has 0 unspecified atom stereocenters. The van der Waals surface area contributed by atoms with Crippen LogP contribution < -0.4 is 5.32 Å². The fourth-order valence-corrected chi connectivity index (χ4v) is 1.66. The SMILES string of the molecule is CCCCOCCCNCc1cccc([N+](=O)[O-])c1. The molecule has 0 aromatic heterocycles. The number of benzene rings is 1. The molecule has 1 aromatic rings. The Balaban J connectivity index is 2.12. The van der Waals surface area contributed by atoms with Gasteiger partial charge >= 0.3 is 0 Å². The summed E-state index contributed by atoms with van der Waals surface area (Å²) in [5, 5.41) is 13.9. The Morgan fingerprint density at radius 3 is 2.84 bits per heavy atom. The van der Waals surface area contributed by atoms with E-state index in [2.05, 4.69) is 12.2 Å². The summed E-state index contributed by atoms with van der Waals surface area (Å²) in [5.74, 6) is 0. The van der Waals surface area contributed by atoms with Gasteiger partial charge < -0.3 is 10.1 Å². The van der Waals surface area contributed by atoms with E-state index in [1.807, 2.05) is 6.07 Å². The Hall–Kier alpha value is -1.46. The summed E-state index contributed by atoms with van der Waals surface area (Å²) >= 11 is 0. The summed E-state index contributed by atoms with van der Waals surface area (Å²) in [5.41, 5.74) is 1.07. The van der Waals surface area contributed by atoms with Gasteiger partial charge in [-0.05, 0) is 24.9 Å². The summed E-state index contributed by atoms with van der Waals surface area (Å²) in [6.45, 7) is 5.25. The highest BCUT2D eigenvalue weighted by Gasteiger charge is 2.04. The Morgan fingerprint density at radius 2 is 2.11 bits per heavy atom. The number of hydrogen-bond acceptors (Lipinski definition) is 4. The lowest BCUT2D eigenvalue weighted by atomic mass is 10.2. The molecule has 19 heavy (non-hydrogen) atoms. The molecule has 0 bridgehead atoms. The topological polar surface area (TPSA) is 64.4 Å². The normalized spacial score (nSPS) is 10.6. The molecule has 0 saturated carbocycles. The first-order valence-electron chi connectivity index (χ1n) is 6.76. The maximum absolute atomic E-state index is 10.6. The van der Waals surface area contributed by atoms with E-state index >= 15 is 0 Å². The Kier molecular flexibility index (Phi) is 7.77. The first-order chi connectivity index (χ1) is 9.24. The van der Waals surface area contributed by atoms with Crippen LogP contribution in [0.25, 0.3) is 0 Å². The van der Waals surface area contributed by atoms with Gasteiger partial charge in [-0.2, -0.15) is 0 Å². The molecule has 0 radical (unpaired) electrons. The zero-order valence-corrected chi connectivity index (χ0v) is 11.4. The van der Waals surface area contributed by atoms with Crippen LogP contribution in [-0.4, -0.2) is 24.7 Å². The number of nitrogens with one attached hydrogen (secondary N) is 1. The molecule has 0 aliphatic rings. The molecule has 5 nitrogen and oxygen atoms in total. The van der Waals surface area contributed by atoms with E-state index in [1.54, 1.807) is 12.1 Å². The zero-order valence-electron chi connectivity index (χ0n) is 11.4. The van der Waals surface area contributed by atoms with Crippen molar-refractivity contribution in [3.63, 3.8) is 0 Å². The van der Waals surface area contributed by atoms with Crippen LogP contribution in [0.3, 0.4) is 0 Å². The van der Waals surface area contributed by atoms with Crippen molar-refractivity contribution in [3.8, 4) is 0 Å². The van der Waals surface area contributed by atoms with Crippen LogP contribution in [0.2, 0.25) is 0 Å². The maximum atomic E-state index is 10.6. The largest absolute Gasteiger partial charge is 0.381 e. The molecule has 1 N–H and O–H groups in total. The summed E-state index contributed by atoms with van der Waals surface area (Å²) in [6, 6.07) is 6.70. The number of ether oxygens (including phenoxy) is 1. The minimum absolute atomic E-state index is 0.141. The molecule has 1 rings (SSSR count). The van der Waals surface area contributed by atoms with Gasteiger partial charge in [0.05, 0.1) is 4.92 Å². The summed E-state index contributed by atoms with van der Waals surface area (Å²) in [7, 11) is 0. The number of hydrogen-bond donors (Lipinski definition) is 1. The monoisotopic (exact) mass is 266 g/mol. The molecule has 0 fully saturated rings. The third-order valence-electron chi connectivity index (χ3n) is 2.73. The molecule has 0 aliphatic heterocycles. The molecule has 0 saturated heterocycles. The van der Waals surface area contributed by atoms with Gasteiger partial charge in [0.1, 0.15) is 0 Å². The first-order valence-corrected chi connectivity index (χ1v) is 6.76. The van der Waals surface area contributed by atoms with E-state index in [9.17, 15) is 10.1 Å². The summed E-state index contributed by atoms with van der Waals surface area (Å²) in [4.78, 5) is 10.3. The summed E-state index contributed by atoms with van der Waals surface area (Å²) in [6.07, 6.45) is 3.23. The number of nitrogens with zero attached hydrogens (tertiary/aromatic N) is 1. The van der Waals surface area contributed by atoms with Gasteiger partial charge in [0.25, 0.3) is 5.69 Å². The van der Waals surface area contributed by atoms with Crippen molar-refractivity contribution in [1.29, 1.82) is 0 Å². The number of rotatable bonds is 10. The third-order valence-corrected chi connectivity index (χ3v) is 2.73. The van der Waals surface area contributed by atoms with Crippen molar-refractivity contribution in [2.45, 2.75) is 32.7 Å². The van der Waals surface area contributed by atoms with Crippen molar-refractivity contribution in [2.24, 2.45) is 0 Å². The second-order valence-corrected chi connectivity index (χ2v) is 4.42. The van der Waals surface area contributed by atoms with Gasteiger partial charge in [-0.25, -0.2) is 0 Å². The average Bonchev–Trinajstić information content (AvgIpc) is 2.42. The van der Waals surface area contributed by atoms with Crippen LogP contribution >= 0.6 is 0 Å². The fourth-order valence-electron chi connectivity index (χ4n) is 1.66. The Morgan fingerprint density at radius 1 is 1.32 bits per heavy atom. The minimum Gasteiger partial charge on any atom is -0.381 e. The standard InChI is InChI=1S/C14H22N2O3/c1-2-3-9-19-10-5-8-15-12-13-6-4-7-14(11-13)16(17)18/h4,6-7,11,15H,2-3,5,8-10,12H2,1H3. The second kappa shape index (κ2) is 9.47. The van der Waals surface area contributed by atoms with Gasteiger partial charge in [0, 0.05) is 31.9 Å². The van der Waals surface area contributed by atoms with Crippen molar-refractivity contribution in [1.82, 2.24) is 5.32 Å². The molecule has 5 heteroatoms. The molecule has 0 spiro atoms. The lowest BCUT2D eigenvalue weighted by molar-refractivity contribution is -0.384. The van der Waals surface area contributed by atoms with Gasteiger partial charge in [-0.3, -0.25) is 10.1 Å². The zero-order chi connectivity index (χ0) is 13.9. The predicted octanol–water partition coefficient (Wildman–Crippen LogP) is 2.89. The lowest BCUT2D eigenvalue weighted by Gasteiger charge is -2.06. The number of nitro groups is 1. The van der Waals surface area contributed by atoms with Crippen LogP contribution in [0, 0.1) is 10.1 Å². The highest BCUT2D eigenvalue weighted by molar-refractivity contribution is 5.34. The van der Waals surface area contributed by atoms with Gasteiger partial charge in [-0.1, -0.05) is 25.5 Å². The molecular weight excluding hydrogens is 244 g/mol. The average molecular weight is 266 g/mol. The summed E-state index contributed by atoms with van der Waals surface area (Å²) < 4.78 is 5.45. The minimum atomic E-state index is -0.370. The Labute approximate surface area is 114 Å².